The van der Waals surface area contributed by atoms with Gasteiger partial charge in [-0.3, -0.25) is 0 Å². The second kappa shape index (κ2) is 10.4. The van der Waals surface area contributed by atoms with Crippen molar-refractivity contribution in [1.82, 2.24) is 9.97 Å². The van der Waals surface area contributed by atoms with Gasteiger partial charge in [0.2, 0.25) is 5.95 Å². The number of aromatic nitrogens is 2. The molecule has 2 heterocycles. The van der Waals surface area contributed by atoms with E-state index in [1.54, 1.807) is 0 Å². The van der Waals surface area contributed by atoms with E-state index < -0.39 is 0 Å². The molecule has 1 aliphatic rings. The molecular formula is C24H35BrN4. The van der Waals surface area contributed by atoms with Crippen molar-refractivity contribution in [3.63, 3.8) is 0 Å². The van der Waals surface area contributed by atoms with Gasteiger partial charge in [0.15, 0.2) is 0 Å². The van der Waals surface area contributed by atoms with Crippen LogP contribution in [0.3, 0.4) is 0 Å². The monoisotopic (exact) mass is 458 g/mol. The molecule has 0 aliphatic carbocycles. The highest BCUT2D eigenvalue weighted by Gasteiger charge is 2.22. The van der Waals surface area contributed by atoms with Crippen molar-refractivity contribution >= 4 is 33.4 Å². The van der Waals surface area contributed by atoms with Gasteiger partial charge in [-0.25, -0.2) is 4.98 Å². The fourth-order valence-electron chi connectivity index (χ4n) is 3.98. The van der Waals surface area contributed by atoms with E-state index in [2.05, 4.69) is 72.0 Å². The normalized spacial score (nSPS) is 13.7. The number of halogens is 1. The Labute approximate surface area is 184 Å². The summed E-state index contributed by atoms with van der Waals surface area (Å²) in [4.78, 5) is 12.2. The maximum Gasteiger partial charge on any atom is 0.229 e. The van der Waals surface area contributed by atoms with Gasteiger partial charge in [-0.15, -0.1) is 0 Å². The molecule has 0 spiro atoms. The number of benzene rings is 1. The topological polar surface area (TPSA) is 41.1 Å². The number of unbranched alkanes of at least 4 members (excludes halogenated alkanes) is 4. The van der Waals surface area contributed by atoms with Gasteiger partial charge in [-0.2, -0.15) is 4.98 Å². The Hall–Kier alpha value is -1.62. The number of rotatable bonds is 9. The third-order valence-electron chi connectivity index (χ3n) is 5.78. The molecule has 0 saturated carbocycles. The van der Waals surface area contributed by atoms with E-state index in [9.17, 15) is 0 Å². The maximum absolute atomic E-state index is 4.95. The largest absolute Gasteiger partial charge is 0.356 e. The van der Waals surface area contributed by atoms with Crippen molar-refractivity contribution in [2.75, 3.05) is 23.3 Å². The second-order valence-corrected chi connectivity index (χ2v) is 9.31. The summed E-state index contributed by atoms with van der Waals surface area (Å²) >= 11 is 3.70. The molecule has 0 amide bonds. The van der Waals surface area contributed by atoms with Gasteiger partial charge in [-0.05, 0) is 65.7 Å². The zero-order chi connectivity index (χ0) is 20.8. The number of hydrogen-bond donors (Lipinski definition) is 1. The van der Waals surface area contributed by atoms with Gasteiger partial charge < -0.3 is 10.2 Å². The number of anilines is 3. The quantitative estimate of drug-likeness (QED) is 0.405. The van der Waals surface area contributed by atoms with Crippen LogP contribution >= 0.6 is 15.9 Å². The predicted molar refractivity (Wildman–Crippen MR) is 128 cm³/mol. The first-order chi connectivity index (χ1) is 14.0. The summed E-state index contributed by atoms with van der Waals surface area (Å²) in [6, 6.07) is 6.47. The number of nitrogens with zero attached hydrogens (tertiary/aromatic N) is 3. The highest BCUT2D eigenvalue weighted by Crippen LogP contribution is 2.32. The van der Waals surface area contributed by atoms with Gasteiger partial charge in [0.05, 0.1) is 5.69 Å². The summed E-state index contributed by atoms with van der Waals surface area (Å²) < 4.78 is 1.05. The lowest BCUT2D eigenvalue weighted by molar-refractivity contribution is 0.596. The van der Waals surface area contributed by atoms with Gasteiger partial charge >= 0.3 is 0 Å². The lowest BCUT2D eigenvalue weighted by atomic mass is 10.0. The summed E-state index contributed by atoms with van der Waals surface area (Å²) in [7, 11) is 0. The Morgan fingerprint density at radius 1 is 1.14 bits per heavy atom. The van der Waals surface area contributed by atoms with Crippen molar-refractivity contribution in [2.24, 2.45) is 0 Å². The van der Waals surface area contributed by atoms with Crippen LogP contribution in [0.15, 0.2) is 22.7 Å². The first-order valence-electron chi connectivity index (χ1n) is 11.2. The molecule has 4 nitrogen and oxygen atoms in total. The molecule has 1 aliphatic heterocycles. The molecule has 0 bridgehead atoms. The first kappa shape index (κ1) is 22.1. The van der Waals surface area contributed by atoms with Crippen molar-refractivity contribution in [2.45, 2.75) is 78.6 Å². The fourth-order valence-corrected chi connectivity index (χ4v) is 4.48. The summed E-state index contributed by atoms with van der Waals surface area (Å²) in [5, 5.41) is 3.44. The summed E-state index contributed by atoms with van der Waals surface area (Å²) in [6.45, 7) is 11.0. The Balaban J connectivity index is 1.76. The molecule has 2 aromatic rings. The van der Waals surface area contributed by atoms with Crippen LogP contribution < -0.4 is 10.2 Å². The average molecular weight is 459 g/mol. The third kappa shape index (κ3) is 5.71. The lowest BCUT2D eigenvalue weighted by Gasteiger charge is -2.31. The maximum atomic E-state index is 4.95. The molecule has 5 heteroatoms. The number of hydrogen-bond acceptors (Lipinski definition) is 4. The van der Waals surface area contributed by atoms with Crippen LogP contribution in [-0.4, -0.2) is 23.1 Å². The SMILES string of the molecule is CCCCCCCN1CCCc2c(C)nc(Nc3ccc(C(C)C)cc3Br)nc21. The minimum atomic E-state index is 0.508. The van der Waals surface area contributed by atoms with Crippen LogP contribution in [0.5, 0.6) is 0 Å². The molecule has 0 atom stereocenters. The van der Waals surface area contributed by atoms with E-state index in [-0.39, 0.29) is 0 Å². The molecule has 1 aromatic heterocycles. The van der Waals surface area contributed by atoms with Gasteiger partial charge in [0, 0.05) is 28.8 Å². The van der Waals surface area contributed by atoms with E-state index in [1.807, 2.05) is 0 Å². The zero-order valence-corrected chi connectivity index (χ0v) is 20.0. The van der Waals surface area contributed by atoms with Crippen molar-refractivity contribution in [3.8, 4) is 0 Å². The van der Waals surface area contributed by atoms with E-state index in [0.29, 0.717) is 11.9 Å². The summed E-state index contributed by atoms with van der Waals surface area (Å²) in [6.07, 6.45) is 8.81. The molecule has 0 saturated heterocycles. The Kier molecular flexibility index (Phi) is 7.93. The van der Waals surface area contributed by atoms with Crippen molar-refractivity contribution in [1.29, 1.82) is 0 Å². The standard InChI is InChI=1S/C24H35BrN4/c1-5-6-7-8-9-14-29-15-10-11-20-18(4)26-24(28-23(20)29)27-22-13-12-19(17(2)3)16-21(22)25/h12-13,16-17H,5-11,14-15H2,1-4H3,(H,26,27,28). The average Bonchev–Trinajstić information content (AvgIpc) is 2.69. The Morgan fingerprint density at radius 2 is 1.93 bits per heavy atom. The first-order valence-corrected chi connectivity index (χ1v) is 12.0. The second-order valence-electron chi connectivity index (χ2n) is 8.46. The molecule has 29 heavy (non-hydrogen) atoms. The minimum absolute atomic E-state index is 0.508. The van der Waals surface area contributed by atoms with E-state index in [4.69, 9.17) is 9.97 Å². The molecule has 0 radical (unpaired) electrons. The minimum Gasteiger partial charge on any atom is -0.356 e. The zero-order valence-electron chi connectivity index (χ0n) is 18.4. The van der Waals surface area contributed by atoms with E-state index in [0.717, 1.165) is 41.2 Å². The summed E-state index contributed by atoms with van der Waals surface area (Å²) in [5.41, 5.74) is 4.75. The van der Waals surface area contributed by atoms with E-state index in [1.165, 1.54) is 49.7 Å². The predicted octanol–water partition coefficient (Wildman–Crippen LogP) is 7.14. The Bertz CT molecular complexity index is 819. The van der Waals surface area contributed by atoms with Crippen LogP contribution in [0, 0.1) is 6.92 Å². The highest BCUT2D eigenvalue weighted by atomic mass is 79.9. The van der Waals surface area contributed by atoms with Crippen LogP contribution in [0.4, 0.5) is 17.5 Å². The molecule has 1 N–H and O–H groups in total. The molecular weight excluding hydrogens is 424 g/mol. The number of fused-ring (bicyclic) bond motifs is 1. The highest BCUT2D eigenvalue weighted by molar-refractivity contribution is 9.10. The van der Waals surface area contributed by atoms with Gasteiger partial charge in [0.25, 0.3) is 0 Å². The number of aryl methyl sites for hydroxylation is 1. The van der Waals surface area contributed by atoms with Gasteiger partial charge in [-0.1, -0.05) is 52.5 Å². The summed E-state index contributed by atoms with van der Waals surface area (Å²) in [5.74, 6) is 2.34. The molecule has 158 valence electrons. The van der Waals surface area contributed by atoms with Crippen molar-refractivity contribution in [3.05, 3.63) is 39.5 Å². The fraction of sp³-hybridized carbons (Fsp3) is 0.583. The van der Waals surface area contributed by atoms with E-state index >= 15 is 0 Å². The van der Waals surface area contributed by atoms with Gasteiger partial charge in [0.1, 0.15) is 5.82 Å². The number of nitrogens with one attached hydrogen (secondary N) is 1. The molecule has 3 rings (SSSR count). The third-order valence-corrected chi connectivity index (χ3v) is 6.44. The van der Waals surface area contributed by atoms with Crippen LogP contribution in [0.25, 0.3) is 0 Å². The molecule has 0 unspecified atom stereocenters. The van der Waals surface area contributed by atoms with Crippen LogP contribution in [0.1, 0.15) is 82.0 Å². The molecule has 1 aromatic carbocycles. The van der Waals surface area contributed by atoms with Crippen molar-refractivity contribution < 1.29 is 0 Å². The van der Waals surface area contributed by atoms with Crippen LogP contribution in [-0.2, 0) is 6.42 Å². The lowest BCUT2D eigenvalue weighted by Crippen LogP contribution is -2.32. The van der Waals surface area contributed by atoms with Crippen LogP contribution in [0.2, 0.25) is 0 Å². The Morgan fingerprint density at radius 3 is 2.66 bits per heavy atom. The smallest absolute Gasteiger partial charge is 0.229 e. The molecule has 0 fully saturated rings.